The zero-order valence-electron chi connectivity index (χ0n) is 14.9. The fourth-order valence-electron chi connectivity index (χ4n) is 2.90. The molecule has 2 fully saturated rings. The standard InChI is InChI=1S/C19H26N4O2/c1-13(2)23-11-9-17(10-12-23)21-22-19(25)15-5-7-16(8-6-15)20-18(24)14-3-4-14/h5-8,13-14H,3-4,9-12H2,1-2H3,(H,20,24)(H,22,25). The second-order valence-electron chi connectivity index (χ2n) is 7.09. The van der Waals surface area contributed by atoms with Crippen molar-refractivity contribution >= 4 is 23.2 Å². The van der Waals surface area contributed by atoms with Gasteiger partial charge in [-0.3, -0.25) is 9.59 Å². The second kappa shape index (κ2) is 7.78. The molecular weight excluding hydrogens is 316 g/mol. The Kier molecular flexibility index (Phi) is 5.48. The van der Waals surface area contributed by atoms with E-state index in [1.165, 1.54) is 0 Å². The fraction of sp³-hybridized carbons (Fsp3) is 0.526. The topological polar surface area (TPSA) is 73.8 Å². The van der Waals surface area contributed by atoms with Crippen LogP contribution in [0.4, 0.5) is 5.69 Å². The van der Waals surface area contributed by atoms with E-state index in [4.69, 9.17) is 0 Å². The lowest BCUT2D eigenvalue weighted by molar-refractivity contribution is -0.117. The predicted molar refractivity (Wildman–Crippen MR) is 98.6 cm³/mol. The van der Waals surface area contributed by atoms with E-state index < -0.39 is 0 Å². The number of carbonyl (C=O) groups excluding carboxylic acids is 2. The molecule has 0 bridgehead atoms. The molecule has 6 heteroatoms. The van der Waals surface area contributed by atoms with Gasteiger partial charge in [0.25, 0.3) is 5.91 Å². The highest BCUT2D eigenvalue weighted by Gasteiger charge is 2.29. The van der Waals surface area contributed by atoms with Crippen molar-refractivity contribution in [2.75, 3.05) is 18.4 Å². The van der Waals surface area contributed by atoms with E-state index in [9.17, 15) is 9.59 Å². The summed E-state index contributed by atoms with van der Waals surface area (Å²) in [6, 6.07) is 7.47. The van der Waals surface area contributed by atoms with E-state index in [2.05, 4.69) is 34.6 Å². The molecule has 0 spiro atoms. The van der Waals surface area contributed by atoms with Crippen molar-refractivity contribution < 1.29 is 9.59 Å². The summed E-state index contributed by atoms with van der Waals surface area (Å²) in [5.41, 5.74) is 4.94. The van der Waals surface area contributed by atoms with Gasteiger partial charge in [-0.15, -0.1) is 0 Å². The zero-order chi connectivity index (χ0) is 17.8. The third kappa shape index (κ3) is 4.89. The summed E-state index contributed by atoms with van der Waals surface area (Å²) in [7, 11) is 0. The molecule has 3 rings (SSSR count). The molecule has 0 aromatic heterocycles. The first kappa shape index (κ1) is 17.6. The average molecular weight is 342 g/mol. The molecule has 1 saturated heterocycles. The van der Waals surface area contributed by atoms with Crippen LogP contribution in [0.2, 0.25) is 0 Å². The van der Waals surface area contributed by atoms with E-state index in [1.54, 1.807) is 24.3 Å². The van der Waals surface area contributed by atoms with Gasteiger partial charge in [0, 0.05) is 54.9 Å². The number of hydrazone groups is 1. The maximum absolute atomic E-state index is 12.2. The number of carbonyl (C=O) groups is 2. The Morgan fingerprint density at radius 1 is 1.12 bits per heavy atom. The van der Waals surface area contributed by atoms with Crippen LogP contribution in [0.3, 0.4) is 0 Å². The summed E-state index contributed by atoms with van der Waals surface area (Å²) < 4.78 is 0. The third-order valence-electron chi connectivity index (χ3n) is 4.78. The van der Waals surface area contributed by atoms with Gasteiger partial charge >= 0.3 is 0 Å². The Bertz CT molecular complexity index is 653. The number of piperidine rings is 1. The first-order valence-electron chi connectivity index (χ1n) is 9.03. The smallest absolute Gasteiger partial charge is 0.271 e. The van der Waals surface area contributed by atoms with E-state index in [-0.39, 0.29) is 17.7 Å². The summed E-state index contributed by atoms with van der Waals surface area (Å²) in [6.07, 6.45) is 3.73. The van der Waals surface area contributed by atoms with Crippen molar-refractivity contribution in [1.29, 1.82) is 0 Å². The van der Waals surface area contributed by atoms with Crippen molar-refractivity contribution in [2.24, 2.45) is 11.0 Å². The molecule has 1 aromatic carbocycles. The molecule has 2 aliphatic rings. The van der Waals surface area contributed by atoms with E-state index in [1.807, 2.05) is 0 Å². The van der Waals surface area contributed by atoms with Crippen LogP contribution < -0.4 is 10.7 Å². The van der Waals surface area contributed by atoms with Gasteiger partial charge < -0.3 is 10.2 Å². The van der Waals surface area contributed by atoms with E-state index in [0.29, 0.717) is 11.6 Å². The minimum atomic E-state index is -0.223. The Balaban J connectivity index is 1.49. The van der Waals surface area contributed by atoms with Gasteiger partial charge in [-0.25, -0.2) is 5.43 Å². The van der Waals surface area contributed by atoms with Crippen LogP contribution in [-0.4, -0.2) is 41.6 Å². The molecule has 0 radical (unpaired) electrons. The van der Waals surface area contributed by atoms with E-state index >= 15 is 0 Å². The molecule has 0 atom stereocenters. The monoisotopic (exact) mass is 342 g/mol. The fourth-order valence-corrected chi connectivity index (χ4v) is 2.90. The zero-order valence-corrected chi connectivity index (χ0v) is 14.9. The third-order valence-corrected chi connectivity index (χ3v) is 4.78. The summed E-state index contributed by atoms with van der Waals surface area (Å²) in [5, 5.41) is 7.14. The average Bonchev–Trinajstić information content (AvgIpc) is 3.46. The summed E-state index contributed by atoms with van der Waals surface area (Å²) in [6.45, 7) is 6.37. The van der Waals surface area contributed by atoms with Crippen molar-refractivity contribution in [3.8, 4) is 0 Å². The van der Waals surface area contributed by atoms with Crippen molar-refractivity contribution in [3.63, 3.8) is 0 Å². The van der Waals surface area contributed by atoms with Gasteiger partial charge in [0.15, 0.2) is 0 Å². The van der Waals surface area contributed by atoms with Gasteiger partial charge in [-0.05, 0) is 51.0 Å². The number of nitrogens with one attached hydrogen (secondary N) is 2. The molecule has 2 amide bonds. The molecule has 1 aliphatic carbocycles. The number of benzene rings is 1. The summed E-state index contributed by atoms with van der Waals surface area (Å²) in [4.78, 5) is 26.3. The van der Waals surface area contributed by atoms with E-state index in [0.717, 1.165) is 50.2 Å². The highest BCUT2D eigenvalue weighted by Crippen LogP contribution is 2.30. The molecule has 1 heterocycles. The molecule has 0 unspecified atom stereocenters. The SMILES string of the molecule is CC(C)N1CCC(=NNC(=O)c2ccc(NC(=O)C3CC3)cc2)CC1. The van der Waals surface area contributed by atoms with Crippen LogP contribution in [0.15, 0.2) is 29.4 Å². The minimum Gasteiger partial charge on any atom is -0.326 e. The molecule has 25 heavy (non-hydrogen) atoms. The van der Waals surface area contributed by atoms with Gasteiger partial charge in [-0.2, -0.15) is 5.10 Å². The highest BCUT2D eigenvalue weighted by molar-refractivity contribution is 5.97. The highest BCUT2D eigenvalue weighted by atomic mass is 16.2. The normalized spacial score (nSPS) is 18.1. The molecule has 1 saturated carbocycles. The Morgan fingerprint density at radius 2 is 1.76 bits per heavy atom. The molecule has 1 aliphatic heterocycles. The van der Waals surface area contributed by atoms with Gasteiger partial charge in [0.1, 0.15) is 0 Å². The number of nitrogens with zero attached hydrogens (tertiary/aromatic N) is 2. The number of amides is 2. The Morgan fingerprint density at radius 3 is 2.32 bits per heavy atom. The van der Waals surface area contributed by atoms with Crippen LogP contribution in [0.1, 0.15) is 49.9 Å². The van der Waals surface area contributed by atoms with Gasteiger partial charge in [-0.1, -0.05) is 0 Å². The van der Waals surface area contributed by atoms with Crippen LogP contribution in [0, 0.1) is 5.92 Å². The van der Waals surface area contributed by atoms with Crippen molar-refractivity contribution in [2.45, 2.75) is 45.6 Å². The molecule has 1 aromatic rings. The first-order valence-corrected chi connectivity index (χ1v) is 9.03. The van der Waals surface area contributed by atoms with Crippen molar-refractivity contribution in [1.82, 2.24) is 10.3 Å². The van der Waals surface area contributed by atoms with Crippen LogP contribution in [0.25, 0.3) is 0 Å². The maximum atomic E-state index is 12.2. The number of hydrogen-bond acceptors (Lipinski definition) is 4. The second-order valence-corrected chi connectivity index (χ2v) is 7.09. The molecule has 6 nitrogen and oxygen atoms in total. The Labute approximate surface area is 148 Å². The van der Waals surface area contributed by atoms with Crippen LogP contribution in [-0.2, 0) is 4.79 Å². The number of anilines is 1. The maximum Gasteiger partial charge on any atom is 0.271 e. The van der Waals surface area contributed by atoms with Gasteiger partial charge in [0.2, 0.25) is 5.91 Å². The minimum absolute atomic E-state index is 0.0661. The number of likely N-dealkylation sites (tertiary alicyclic amines) is 1. The lowest BCUT2D eigenvalue weighted by Crippen LogP contribution is -2.39. The first-order chi connectivity index (χ1) is 12.0. The van der Waals surface area contributed by atoms with Gasteiger partial charge in [0.05, 0.1) is 0 Å². The summed E-state index contributed by atoms with van der Waals surface area (Å²) >= 11 is 0. The largest absolute Gasteiger partial charge is 0.326 e. The number of hydrogen-bond donors (Lipinski definition) is 2. The predicted octanol–water partition coefficient (Wildman–Crippen LogP) is 2.63. The van der Waals surface area contributed by atoms with Crippen LogP contribution in [0.5, 0.6) is 0 Å². The van der Waals surface area contributed by atoms with Crippen molar-refractivity contribution in [3.05, 3.63) is 29.8 Å². The molecule has 2 N–H and O–H groups in total. The Hall–Kier alpha value is -2.21. The lowest BCUT2D eigenvalue weighted by atomic mass is 10.1. The van der Waals surface area contributed by atoms with Crippen LogP contribution >= 0.6 is 0 Å². The molecular formula is C19H26N4O2. The lowest BCUT2D eigenvalue weighted by Gasteiger charge is -2.30. The molecule has 134 valence electrons. The summed E-state index contributed by atoms with van der Waals surface area (Å²) in [5.74, 6) is 0.0103. The quantitative estimate of drug-likeness (QED) is 0.808. The number of rotatable bonds is 5.